The number of hydrogen-bond donors (Lipinski definition) is 2. The minimum absolute atomic E-state index is 0. The lowest BCUT2D eigenvalue weighted by atomic mass is 9.70. The van der Waals surface area contributed by atoms with Crippen LogP contribution in [0, 0.1) is 23.2 Å². The molecule has 3 nitrogen and oxygen atoms in total. The van der Waals surface area contributed by atoms with Crippen molar-refractivity contribution in [1.82, 2.24) is 5.32 Å². The highest BCUT2D eigenvalue weighted by Gasteiger charge is 2.49. The molecule has 0 saturated heterocycles. The Hall–Kier alpha value is -0.280. The molecule has 0 radical (unpaired) electrons. The molecular weight excluding hydrogens is 248 g/mol. The standard InChI is InChI=1S/C14H24N2O.ClH/c1-14(5-2-6-14)8-16-13(17)11-9-3-4-10(7-9)12(11)15;/h9-12H,2-8,15H2,1H3,(H,16,17);1H. The van der Waals surface area contributed by atoms with Gasteiger partial charge in [-0.25, -0.2) is 0 Å². The van der Waals surface area contributed by atoms with Crippen LogP contribution >= 0.6 is 12.4 Å². The summed E-state index contributed by atoms with van der Waals surface area (Å²) in [5, 5.41) is 3.16. The van der Waals surface area contributed by atoms with Gasteiger partial charge in [0.25, 0.3) is 0 Å². The third-order valence-electron chi connectivity index (χ3n) is 5.53. The van der Waals surface area contributed by atoms with Crippen molar-refractivity contribution in [3.8, 4) is 0 Å². The molecule has 104 valence electrons. The molecule has 2 bridgehead atoms. The second kappa shape index (κ2) is 5.01. The smallest absolute Gasteiger partial charge is 0.224 e. The van der Waals surface area contributed by atoms with Gasteiger partial charge in [-0.3, -0.25) is 4.79 Å². The Morgan fingerprint density at radius 2 is 2.00 bits per heavy atom. The Balaban J connectivity index is 0.00000120. The summed E-state index contributed by atoms with van der Waals surface area (Å²) in [5.41, 5.74) is 6.56. The van der Waals surface area contributed by atoms with Gasteiger partial charge in [-0.05, 0) is 49.4 Å². The van der Waals surface area contributed by atoms with E-state index in [9.17, 15) is 4.79 Å². The zero-order valence-electron chi connectivity index (χ0n) is 11.2. The number of rotatable bonds is 3. The number of amides is 1. The van der Waals surface area contributed by atoms with E-state index in [2.05, 4.69) is 12.2 Å². The fraction of sp³-hybridized carbons (Fsp3) is 0.929. The number of halogens is 1. The third kappa shape index (κ3) is 2.27. The first-order valence-corrected chi connectivity index (χ1v) is 7.12. The highest BCUT2D eigenvalue weighted by Crippen LogP contribution is 2.47. The van der Waals surface area contributed by atoms with E-state index in [1.807, 2.05) is 0 Å². The highest BCUT2D eigenvalue weighted by atomic mass is 35.5. The number of nitrogens with one attached hydrogen (secondary N) is 1. The predicted octanol–water partition coefficient (Wildman–Crippen LogP) is 2.09. The van der Waals surface area contributed by atoms with E-state index in [4.69, 9.17) is 5.73 Å². The number of nitrogens with two attached hydrogens (primary N) is 1. The molecule has 1 amide bonds. The highest BCUT2D eigenvalue weighted by molar-refractivity contribution is 5.85. The molecule has 0 aliphatic heterocycles. The second-order valence-electron chi connectivity index (χ2n) is 6.82. The topological polar surface area (TPSA) is 55.1 Å². The van der Waals surface area contributed by atoms with Crippen LogP contribution in [0.1, 0.15) is 45.4 Å². The van der Waals surface area contributed by atoms with E-state index < -0.39 is 0 Å². The van der Waals surface area contributed by atoms with Gasteiger partial charge in [-0.15, -0.1) is 12.4 Å². The summed E-state index contributed by atoms with van der Waals surface area (Å²) in [6.45, 7) is 3.13. The van der Waals surface area contributed by atoms with Gasteiger partial charge in [0.15, 0.2) is 0 Å². The van der Waals surface area contributed by atoms with E-state index in [1.165, 1.54) is 38.5 Å². The molecule has 3 N–H and O–H groups in total. The Labute approximate surface area is 116 Å². The first-order valence-electron chi connectivity index (χ1n) is 7.12. The Kier molecular flexibility index (Phi) is 3.93. The summed E-state index contributed by atoms with van der Waals surface area (Å²) in [5.74, 6) is 1.54. The van der Waals surface area contributed by atoms with Crippen LogP contribution in [0.5, 0.6) is 0 Å². The molecule has 4 heteroatoms. The molecule has 0 aromatic rings. The van der Waals surface area contributed by atoms with Gasteiger partial charge in [0.1, 0.15) is 0 Å². The normalized spacial score (nSPS) is 39.9. The van der Waals surface area contributed by atoms with Crippen molar-refractivity contribution < 1.29 is 4.79 Å². The summed E-state index contributed by atoms with van der Waals surface area (Å²) in [7, 11) is 0. The SMILES string of the molecule is CC1(CNC(=O)C2C3CCC(C3)C2N)CCC1.Cl. The molecule has 3 aliphatic rings. The van der Waals surface area contributed by atoms with E-state index >= 15 is 0 Å². The van der Waals surface area contributed by atoms with E-state index in [0.717, 1.165) is 6.54 Å². The van der Waals surface area contributed by atoms with Gasteiger partial charge in [-0.2, -0.15) is 0 Å². The van der Waals surface area contributed by atoms with Crippen molar-refractivity contribution in [2.75, 3.05) is 6.54 Å². The average Bonchev–Trinajstić information content (AvgIpc) is 2.83. The first-order chi connectivity index (χ1) is 8.09. The maximum atomic E-state index is 12.2. The third-order valence-corrected chi connectivity index (χ3v) is 5.53. The molecule has 0 aromatic carbocycles. The molecule has 0 spiro atoms. The van der Waals surface area contributed by atoms with Gasteiger partial charge >= 0.3 is 0 Å². The fourth-order valence-corrected chi connectivity index (χ4v) is 4.10. The lowest BCUT2D eigenvalue weighted by Crippen LogP contribution is -2.48. The van der Waals surface area contributed by atoms with Gasteiger partial charge in [0.2, 0.25) is 5.91 Å². The second-order valence-corrected chi connectivity index (χ2v) is 6.82. The van der Waals surface area contributed by atoms with Gasteiger partial charge in [-0.1, -0.05) is 13.3 Å². The van der Waals surface area contributed by atoms with Crippen LogP contribution in [-0.2, 0) is 4.79 Å². The van der Waals surface area contributed by atoms with Gasteiger partial charge in [0.05, 0.1) is 5.92 Å². The van der Waals surface area contributed by atoms with Crippen molar-refractivity contribution >= 4 is 18.3 Å². The van der Waals surface area contributed by atoms with E-state index in [-0.39, 0.29) is 30.3 Å². The predicted molar refractivity (Wildman–Crippen MR) is 74.5 cm³/mol. The molecule has 4 unspecified atom stereocenters. The van der Waals surface area contributed by atoms with Crippen molar-refractivity contribution in [3.05, 3.63) is 0 Å². The van der Waals surface area contributed by atoms with Crippen LogP contribution in [0.4, 0.5) is 0 Å². The van der Waals surface area contributed by atoms with E-state index in [0.29, 0.717) is 17.3 Å². The molecule has 3 aliphatic carbocycles. The Bertz CT molecular complexity index is 328. The van der Waals surface area contributed by atoms with Crippen LogP contribution in [0.2, 0.25) is 0 Å². The number of hydrogen-bond acceptors (Lipinski definition) is 2. The minimum atomic E-state index is 0. The summed E-state index contributed by atoms with van der Waals surface area (Å²) in [6, 6.07) is 0.128. The van der Waals surface area contributed by atoms with Crippen LogP contribution in [0.25, 0.3) is 0 Å². The number of carbonyl (C=O) groups excluding carboxylic acids is 1. The minimum Gasteiger partial charge on any atom is -0.355 e. The lowest BCUT2D eigenvalue weighted by molar-refractivity contribution is -0.127. The van der Waals surface area contributed by atoms with Crippen molar-refractivity contribution in [1.29, 1.82) is 0 Å². The Morgan fingerprint density at radius 1 is 1.33 bits per heavy atom. The van der Waals surface area contributed by atoms with E-state index in [1.54, 1.807) is 0 Å². The van der Waals surface area contributed by atoms with Crippen LogP contribution < -0.4 is 11.1 Å². The zero-order chi connectivity index (χ0) is 12.0. The fourth-order valence-electron chi connectivity index (χ4n) is 4.10. The summed E-state index contributed by atoms with van der Waals surface area (Å²) in [6.07, 6.45) is 7.49. The lowest BCUT2D eigenvalue weighted by Gasteiger charge is -2.39. The van der Waals surface area contributed by atoms with Crippen molar-refractivity contribution in [3.63, 3.8) is 0 Å². The first kappa shape index (κ1) is 14.1. The van der Waals surface area contributed by atoms with Crippen LogP contribution in [0.15, 0.2) is 0 Å². The molecule has 3 rings (SSSR count). The van der Waals surface area contributed by atoms with Crippen molar-refractivity contribution in [2.24, 2.45) is 28.9 Å². The zero-order valence-corrected chi connectivity index (χ0v) is 12.0. The molecule has 3 saturated carbocycles. The number of carbonyl (C=O) groups is 1. The van der Waals surface area contributed by atoms with Gasteiger partial charge in [0, 0.05) is 12.6 Å². The molecule has 18 heavy (non-hydrogen) atoms. The van der Waals surface area contributed by atoms with Crippen LogP contribution in [-0.4, -0.2) is 18.5 Å². The number of fused-ring (bicyclic) bond motifs is 2. The molecule has 3 fully saturated rings. The molecule has 0 aromatic heterocycles. The summed E-state index contributed by atoms with van der Waals surface area (Å²) < 4.78 is 0. The molecular formula is C14H25ClN2O. The van der Waals surface area contributed by atoms with Crippen LogP contribution in [0.3, 0.4) is 0 Å². The maximum Gasteiger partial charge on any atom is 0.224 e. The van der Waals surface area contributed by atoms with Gasteiger partial charge < -0.3 is 11.1 Å². The summed E-state index contributed by atoms with van der Waals surface area (Å²) in [4.78, 5) is 12.2. The maximum absolute atomic E-state index is 12.2. The quantitative estimate of drug-likeness (QED) is 0.827. The Morgan fingerprint density at radius 3 is 2.50 bits per heavy atom. The molecule has 4 atom stereocenters. The summed E-state index contributed by atoms with van der Waals surface area (Å²) >= 11 is 0. The average molecular weight is 273 g/mol. The largest absolute Gasteiger partial charge is 0.355 e. The monoisotopic (exact) mass is 272 g/mol. The van der Waals surface area contributed by atoms with Crippen molar-refractivity contribution in [2.45, 2.75) is 51.5 Å². The molecule has 0 heterocycles.